The Labute approximate surface area is 132 Å². The maximum atomic E-state index is 12.9. The molecular formula is C15H22ClNO3S. The van der Waals surface area contributed by atoms with E-state index in [9.17, 15) is 8.42 Å². The van der Waals surface area contributed by atoms with Crippen molar-refractivity contribution in [1.82, 2.24) is 4.31 Å². The van der Waals surface area contributed by atoms with Crippen LogP contribution in [-0.4, -0.2) is 32.9 Å². The number of methoxy groups -OCH3 is 1. The highest BCUT2D eigenvalue weighted by molar-refractivity contribution is 7.89. The Kier molecular flexibility index (Phi) is 5.17. The zero-order valence-electron chi connectivity index (χ0n) is 12.7. The second-order valence-electron chi connectivity index (χ2n) is 5.77. The number of hydrogen-bond acceptors (Lipinski definition) is 3. The summed E-state index contributed by atoms with van der Waals surface area (Å²) in [6, 6.07) is 5.07. The van der Waals surface area contributed by atoms with E-state index in [0.29, 0.717) is 30.7 Å². The Morgan fingerprint density at radius 1 is 1.43 bits per heavy atom. The maximum absolute atomic E-state index is 12.9. The molecule has 1 aromatic carbocycles. The predicted molar refractivity (Wildman–Crippen MR) is 84.3 cm³/mol. The number of ether oxygens (including phenoxy) is 1. The highest BCUT2D eigenvalue weighted by Crippen LogP contribution is 2.33. The lowest BCUT2D eigenvalue weighted by molar-refractivity contribution is 0.382. The van der Waals surface area contributed by atoms with Crippen molar-refractivity contribution in [2.75, 3.05) is 20.2 Å². The quantitative estimate of drug-likeness (QED) is 0.779. The molecule has 1 aliphatic rings. The van der Waals surface area contributed by atoms with Crippen LogP contribution in [0.15, 0.2) is 23.1 Å². The van der Waals surface area contributed by atoms with Crippen LogP contribution in [0.5, 0.6) is 5.75 Å². The van der Waals surface area contributed by atoms with Gasteiger partial charge in [-0.2, -0.15) is 4.31 Å². The Balaban J connectivity index is 2.36. The zero-order valence-corrected chi connectivity index (χ0v) is 14.2. The summed E-state index contributed by atoms with van der Waals surface area (Å²) in [5, 5.41) is 0. The fourth-order valence-corrected chi connectivity index (χ4v) is 4.55. The van der Waals surface area contributed by atoms with Crippen molar-refractivity contribution in [3.63, 3.8) is 0 Å². The largest absolute Gasteiger partial charge is 0.495 e. The summed E-state index contributed by atoms with van der Waals surface area (Å²) >= 11 is 5.82. The van der Waals surface area contributed by atoms with Crippen LogP contribution in [0.25, 0.3) is 0 Å². The van der Waals surface area contributed by atoms with Gasteiger partial charge in [-0.05, 0) is 36.0 Å². The molecule has 6 heteroatoms. The molecule has 0 bridgehead atoms. The van der Waals surface area contributed by atoms with Crippen molar-refractivity contribution < 1.29 is 13.2 Å². The summed E-state index contributed by atoms with van der Waals surface area (Å²) in [4.78, 5) is 0.215. The fraction of sp³-hybridized carbons (Fsp3) is 0.600. The molecule has 0 aromatic heterocycles. The van der Waals surface area contributed by atoms with Crippen LogP contribution in [0.4, 0.5) is 0 Å². The van der Waals surface area contributed by atoms with Gasteiger partial charge in [0.05, 0.1) is 7.11 Å². The maximum Gasteiger partial charge on any atom is 0.246 e. The van der Waals surface area contributed by atoms with Gasteiger partial charge in [-0.15, -0.1) is 11.6 Å². The third kappa shape index (κ3) is 3.35. The van der Waals surface area contributed by atoms with E-state index in [-0.39, 0.29) is 10.8 Å². The third-order valence-electron chi connectivity index (χ3n) is 4.13. The first kappa shape index (κ1) is 16.6. The normalized spacial score (nSPS) is 20.1. The number of benzene rings is 1. The molecular weight excluding hydrogens is 310 g/mol. The lowest BCUT2D eigenvalue weighted by atomic mass is 9.96. The summed E-state index contributed by atoms with van der Waals surface area (Å²) < 4.78 is 32.5. The Morgan fingerprint density at radius 2 is 2.14 bits per heavy atom. The first-order valence-corrected chi connectivity index (χ1v) is 9.10. The summed E-state index contributed by atoms with van der Waals surface area (Å²) in [5.74, 6) is 1.56. The van der Waals surface area contributed by atoms with Crippen molar-refractivity contribution in [2.24, 2.45) is 11.8 Å². The molecule has 0 radical (unpaired) electrons. The van der Waals surface area contributed by atoms with E-state index < -0.39 is 10.0 Å². The van der Waals surface area contributed by atoms with Crippen LogP contribution < -0.4 is 4.74 Å². The van der Waals surface area contributed by atoms with Crippen molar-refractivity contribution >= 4 is 21.6 Å². The Bertz CT molecular complexity index is 601. The number of hydrogen-bond donors (Lipinski definition) is 0. The van der Waals surface area contributed by atoms with Crippen LogP contribution in [0.2, 0.25) is 0 Å². The molecule has 0 spiro atoms. The molecule has 1 saturated heterocycles. The van der Waals surface area contributed by atoms with Gasteiger partial charge < -0.3 is 4.74 Å². The topological polar surface area (TPSA) is 46.6 Å². The number of nitrogens with zero attached hydrogens (tertiary/aromatic N) is 1. The monoisotopic (exact) mass is 331 g/mol. The molecule has 118 valence electrons. The molecule has 0 saturated carbocycles. The molecule has 4 nitrogen and oxygen atoms in total. The highest BCUT2D eigenvalue weighted by Gasteiger charge is 2.35. The van der Waals surface area contributed by atoms with E-state index in [1.165, 1.54) is 7.11 Å². The minimum atomic E-state index is -3.53. The van der Waals surface area contributed by atoms with Gasteiger partial charge in [-0.1, -0.05) is 19.9 Å². The van der Waals surface area contributed by atoms with Gasteiger partial charge in [0, 0.05) is 19.0 Å². The van der Waals surface area contributed by atoms with Gasteiger partial charge in [0.2, 0.25) is 10.0 Å². The first-order chi connectivity index (χ1) is 9.90. The average Bonchev–Trinajstić information content (AvgIpc) is 2.97. The van der Waals surface area contributed by atoms with Crippen LogP contribution in [0, 0.1) is 11.8 Å². The number of sulfonamides is 1. The number of rotatable bonds is 5. The second kappa shape index (κ2) is 6.55. The van der Waals surface area contributed by atoms with Crippen molar-refractivity contribution in [1.29, 1.82) is 0 Å². The minimum Gasteiger partial charge on any atom is -0.495 e. The van der Waals surface area contributed by atoms with Gasteiger partial charge in [-0.25, -0.2) is 8.42 Å². The van der Waals surface area contributed by atoms with Crippen molar-refractivity contribution in [3.8, 4) is 5.75 Å². The molecule has 2 rings (SSSR count). The molecule has 1 aromatic rings. The summed E-state index contributed by atoms with van der Waals surface area (Å²) in [6.45, 7) is 5.42. The number of halogens is 1. The molecule has 0 amide bonds. The van der Waals surface area contributed by atoms with E-state index in [2.05, 4.69) is 13.8 Å². The predicted octanol–water partition coefficient (Wildman–Crippen LogP) is 3.10. The van der Waals surface area contributed by atoms with Crippen LogP contribution >= 0.6 is 11.6 Å². The van der Waals surface area contributed by atoms with Crippen LogP contribution in [0.3, 0.4) is 0 Å². The highest BCUT2D eigenvalue weighted by atomic mass is 35.5. The van der Waals surface area contributed by atoms with E-state index in [0.717, 1.165) is 12.0 Å². The molecule has 1 heterocycles. The summed E-state index contributed by atoms with van der Waals surface area (Å²) in [6.07, 6.45) is 0.911. The molecule has 21 heavy (non-hydrogen) atoms. The van der Waals surface area contributed by atoms with Gasteiger partial charge in [0.1, 0.15) is 10.6 Å². The number of alkyl halides is 1. The molecule has 1 fully saturated rings. The van der Waals surface area contributed by atoms with Crippen LogP contribution in [-0.2, 0) is 15.9 Å². The van der Waals surface area contributed by atoms with Crippen LogP contribution in [0.1, 0.15) is 25.8 Å². The average molecular weight is 332 g/mol. The van der Waals surface area contributed by atoms with E-state index >= 15 is 0 Å². The third-order valence-corrected chi connectivity index (χ3v) is 6.33. The van der Waals surface area contributed by atoms with E-state index in [1.807, 2.05) is 0 Å². The minimum absolute atomic E-state index is 0.215. The smallest absolute Gasteiger partial charge is 0.246 e. The summed E-state index contributed by atoms with van der Waals surface area (Å²) in [7, 11) is -2.05. The fourth-order valence-electron chi connectivity index (χ4n) is 2.66. The molecule has 0 N–H and O–H groups in total. The lowest BCUT2D eigenvalue weighted by Gasteiger charge is -2.20. The van der Waals surface area contributed by atoms with Gasteiger partial charge in [-0.3, -0.25) is 0 Å². The molecule has 1 unspecified atom stereocenters. The first-order valence-electron chi connectivity index (χ1n) is 7.13. The van der Waals surface area contributed by atoms with E-state index in [4.69, 9.17) is 16.3 Å². The molecule has 0 aliphatic carbocycles. The van der Waals surface area contributed by atoms with Gasteiger partial charge >= 0.3 is 0 Å². The van der Waals surface area contributed by atoms with E-state index in [1.54, 1.807) is 22.5 Å². The second-order valence-corrected chi connectivity index (χ2v) is 7.95. The molecule has 1 aliphatic heterocycles. The SMILES string of the molecule is COc1ccc(CCl)cc1S(=O)(=O)N1CCC(C(C)C)C1. The van der Waals surface area contributed by atoms with Gasteiger partial charge in [0.25, 0.3) is 0 Å². The standard InChI is InChI=1S/C15H22ClNO3S/c1-11(2)13-6-7-17(10-13)21(18,19)15-8-12(9-16)4-5-14(15)20-3/h4-5,8,11,13H,6-7,9-10H2,1-3H3. The lowest BCUT2D eigenvalue weighted by Crippen LogP contribution is -2.30. The van der Waals surface area contributed by atoms with Crippen molar-refractivity contribution in [2.45, 2.75) is 31.0 Å². The van der Waals surface area contributed by atoms with Crippen molar-refractivity contribution in [3.05, 3.63) is 23.8 Å². The zero-order chi connectivity index (χ0) is 15.6. The molecule has 1 atom stereocenters. The Hall–Kier alpha value is -0.780. The van der Waals surface area contributed by atoms with Gasteiger partial charge in [0.15, 0.2) is 0 Å². The Morgan fingerprint density at radius 3 is 2.67 bits per heavy atom. The summed E-state index contributed by atoms with van der Waals surface area (Å²) in [5.41, 5.74) is 0.774.